The van der Waals surface area contributed by atoms with E-state index in [1.165, 1.54) is 35.6 Å². The van der Waals surface area contributed by atoms with Crippen molar-refractivity contribution in [3.05, 3.63) is 54.1 Å². The van der Waals surface area contributed by atoms with E-state index in [0.29, 0.717) is 20.8 Å². The van der Waals surface area contributed by atoms with Crippen LogP contribution >= 0.6 is 23.1 Å². The summed E-state index contributed by atoms with van der Waals surface area (Å²) >= 11 is 2.72. The molecule has 9 heteroatoms. The molecule has 0 saturated carbocycles. The van der Waals surface area contributed by atoms with E-state index >= 15 is 0 Å². The molecule has 0 radical (unpaired) electrons. The second-order valence-corrected chi connectivity index (χ2v) is 8.35. The Morgan fingerprint density at radius 2 is 1.72 bits per heavy atom. The van der Waals surface area contributed by atoms with E-state index in [-0.39, 0.29) is 17.6 Å². The van der Waals surface area contributed by atoms with Crippen LogP contribution in [0.4, 0.5) is 22.2 Å². The van der Waals surface area contributed by atoms with E-state index in [4.69, 9.17) is 0 Å². The molecule has 3 aromatic rings. The zero-order chi connectivity index (χ0) is 20.6. The van der Waals surface area contributed by atoms with Crippen LogP contribution in [0.25, 0.3) is 0 Å². The molecule has 0 bridgehead atoms. The number of thioether (sulfide) groups is 1. The van der Waals surface area contributed by atoms with Crippen LogP contribution in [0.2, 0.25) is 0 Å². The summed E-state index contributed by atoms with van der Waals surface area (Å²) in [6.07, 6.45) is 0.999. The molecular weight excluding hydrogens is 406 g/mol. The molecule has 0 unspecified atom stereocenters. The molecule has 0 fully saturated rings. The van der Waals surface area contributed by atoms with Crippen molar-refractivity contribution in [1.29, 1.82) is 0 Å². The first-order valence-electron chi connectivity index (χ1n) is 9.01. The minimum absolute atomic E-state index is 0.158. The Morgan fingerprint density at radius 1 is 1.00 bits per heavy atom. The molecule has 1 aromatic heterocycles. The molecule has 7 nitrogen and oxygen atoms in total. The lowest BCUT2D eigenvalue weighted by atomic mass is 10.1. The monoisotopic (exact) mass is 427 g/mol. The smallest absolute Gasteiger partial charge is 0.234 e. The van der Waals surface area contributed by atoms with Gasteiger partial charge in [0.1, 0.15) is 0 Å². The van der Waals surface area contributed by atoms with Crippen molar-refractivity contribution >= 4 is 57.1 Å². The summed E-state index contributed by atoms with van der Waals surface area (Å²) in [7, 11) is 0. The van der Waals surface area contributed by atoms with Crippen molar-refractivity contribution in [3.8, 4) is 0 Å². The van der Waals surface area contributed by atoms with Crippen LogP contribution in [0, 0.1) is 0 Å². The van der Waals surface area contributed by atoms with Crippen molar-refractivity contribution in [3.63, 3.8) is 0 Å². The molecule has 0 atom stereocenters. The third kappa shape index (κ3) is 6.58. The van der Waals surface area contributed by atoms with Crippen LogP contribution in [-0.4, -0.2) is 27.8 Å². The van der Waals surface area contributed by atoms with Crippen LogP contribution in [0.5, 0.6) is 0 Å². The van der Waals surface area contributed by atoms with Crippen LogP contribution in [0.3, 0.4) is 0 Å². The fraction of sp³-hybridized carbons (Fsp3) is 0.200. The lowest BCUT2D eigenvalue weighted by Crippen LogP contribution is -2.14. The van der Waals surface area contributed by atoms with Gasteiger partial charge in [-0.1, -0.05) is 48.2 Å². The normalized spacial score (nSPS) is 10.4. The number of carbonyl (C=O) groups excluding carboxylic acids is 2. The first-order chi connectivity index (χ1) is 14.0. The van der Waals surface area contributed by atoms with Crippen molar-refractivity contribution in [2.75, 3.05) is 21.7 Å². The van der Waals surface area contributed by atoms with Crippen LogP contribution in [-0.2, 0) is 16.0 Å². The van der Waals surface area contributed by atoms with Gasteiger partial charge in [0, 0.05) is 24.0 Å². The number of aromatic nitrogens is 2. The maximum Gasteiger partial charge on any atom is 0.234 e. The second-order valence-electron chi connectivity index (χ2n) is 6.15. The van der Waals surface area contributed by atoms with E-state index in [2.05, 4.69) is 45.2 Å². The highest BCUT2D eigenvalue weighted by Gasteiger charge is 2.09. The number of amides is 2. The highest BCUT2D eigenvalue weighted by Crippen LogP contribution is 2.28. The molecule has 2 amide bonds. The molecule has 0 aliphatic rings. The van der Waals surface area contributed by atoms with Gasteiger partial charge in [0.25, 0.3) is 0 Å². The number of carbonyl (C=O) groups is 2. The first-order valence-corrected chi connectivity index (χ1v) is 10.8. The fourth-order valence-corrected chi connectivity index (χ4v) is 4.04. The molecule has 2 aromatic carbocycles. The Hall–Kier alpha value is -2.91. The number of nitrogens with zero attached hydrogens (tertiary/aromatic N) is 2. The van der Waals surface area contributed by atoms with Gasteiger partial charge in [-0.05, 0) is 42.3 Å². The number of anilines is 4. The zero-order valence-electron chi connectivity index (χ0n) is 16.1. The van der Waals surface area contributed by atoms with Crippen molar-refractivity contribution in [1.82, 2.24) is 10.2 Å². The highest BCUT2D eigenvalue weighted by molar-refractivity contribution is 8.01. The van der Waals surface area contributed by atoms with Gasteiger partial charge in [-0.3, -0.25) is 9.59 Å². The predicted octanol–water partition coefficient (Wildman–Crippen LogP) is 4.53. The predicted molar refractivity (Wildman–Crippen MR) is 119 cm³/mol. The van der Waals surface area contributed by atoms with Crippen LogP contribution in [0.15, 0.2) is 52.9 Å². The van der Waals surface area contributed by atoms with Gasteiger partial charge in [0.05, 0.1) is 5.75 Å². The number of hydrogen-bond donors (Lipinski definition) is 3. The topological polar surface area (TPSA) is 96.0 Å². The molecular formula is C20H21N5O2S2. The van der Waals surface area contributed by atoms with Crippen LogP contribution in [0.1, 0.15) is 19.4 Å². The molecule has 0 spiro atoms. The Morgan fingerprint density at radius 3 is 2.41 bits per heavy atom. The largest absolute Gasteiger partial charge is 0.330 e. The molecule has 29 heavy (non-hydrogen) atoms. The van der Waals surface area contributed by atoms with Gasteiger partial charge >= 0.3 is 0 Å². The minimum atomic E-state index is -0.161. The summed E-state index contributed by atoms with van der Waals surface area (Å²) in [5, 5.41) is 17.6. The van der Waals surface area contributed by atoms with E-state index in [9.17, 15) is 9.59 Å². The summed E-state index contributed by atoms with van der Waals surface area (Å²) in [6.45, 7) is 3.56. The van der Waals surface area contributed by atoms with Gasteiger partial charge in [0.2, 0.25) is 16.9 Å². The molecule has 0 aliphatic carbocycles. The van der Waals surface area contributed by atoms with Gasteiger partial charge in [-0.15, -0.1) is 10.2 Å². The number of benzene rings is 2. The maximum atomic E-state index is 12.2. The first kappa shape index (κ1) is 20.8. The summed E-state index contributed by atoms with van der Waals surface area (Å²) in [6, 6.07) is 15.2. The molecule has 0 saturated heterocycles. The Bertz CT molecular complexity index is 989. The maximum absolute atomic E-state index is 12.2. The summed E-state index contributed by atoms with van der Waals surface area (Å²) in [5.74, 6) is -0.106. The molecule has 1 heterocycles. The summed E-state index contributed by atoms with van der Waals surface area (Å²) < 4.78 is 0.708. The van der Waals surface area contributed by atoms with Gasteiger partial charge < -0.3 is 16.0 Å². The standard InChI is InChI=1S/C20H21N5O2S2/c1-3-14-7-9-15(10-8-14)23-19-24-25-20(29-19)28-12-18(27)22-17-6-4-5-16(11-17)21-13(2)26/h4-11H,3,12H2,1-2H3,(H,21,26)(H,22,27)(H,23,24). The van der Waals surface area contributed by atoms with Crippen molar-refractivity contribution in [2.45, 2.75) is 24.6 Å². The average Bonchev–Trinajstić information content (AvgIpc) is 3.14. The lowest BCUT2D eigenvalue weighted by molar-refractivity contribution is -0.114. The zero-order valence-corrected chi connectivity index (χ0v) is 17.7. The van der Waals surface area contributed by atoms with E-state index < -0.39 is 0 Å². The Balaban J connectivity index is 1.50. The van der Waals surface area contributed by atoms with E-state index in [1.807, 2.05) is 12.1 Å². The minimum Gasteiger partial charge on any atom is -0.330 e. The third-order valence-electron chi connectivity index (χ3n) is 3.81. The van der Waals surface area contributed by atoms with E-state index in [0.717, 1.165) is 12.1 Å². The van der Waals surface area contributed by atoms with Gasteiger partial charge in [-0.2, -0.15) is 0 Å². The summed E-state index contributed by atoms with van der Waals surface area (Å²) in [5.41, 5.74) is 3.48. The van der Waals surface area contributed by atoms with E-state index in [1.54, 1.807) is 24.3 Å². The highest BCUT2D eigenvalue weighted by atomic mass is 32.2. The SMILES string of the molecule is CCc1ccc(Nc2nnc(SCC(=O)Nc3cccc(NC(C)=O)c3)s2)cc1. The summed E-state index contributed by atoms with van der Waals surface area (Å²) in [4.78, 5) is 23.3. The van der Waals surface area contributed by atoms with Crippen molar-refractivity contribution in [2.24, 2.45) is 0 Å². The van der Waals surface area contributed by atoms with Crippen LogP contribution < -0.4 is 16.0 Å². The molecule has 150 valence electrons. The Labute approximate surface area is 177 Å². The number of rotatable bonds is 8. The van der Waals surface area contributed by atoms with Crippen molar-refractivity contribution < 1.29 is 9.59 Å². The third-order valence-corrected chi connectivity index (χ3v) is 5.79. The quantitative estimate of drug-likeness (QED) is 0.457. The number of aryl methyl sites for hydroxylation is 1. The lowest BCUT2D eigenvalue weighted by Gasteiger charge is -2.07. The molecule has 3 N–H and O–H groups in total. The van der Waals surface area contributed by atoms with Gasteiger partial charge in [0.15, 0.2) is 4.34 Å². The average molecular weight is 428 g/mol. The molecule has 3 rings (SSSR count). The number of nitrogens with one attached hydrogen (secondary N) is 3. The fourth-order valence-electron chi connectivity index (χ4n) is 2.47. The molecule has 0 aliphatic heterocycles. The second kappa shape index (κ2) is 10.0. The number of hydrogen-bond acceptors (Lipinski definition) is 7. The van der Waals surface area contributed by atoms with Gasteiger partial charge in [-0.25, -0.2) is 0 Å². The Kier molecular flexibility index (Phi) is 7.20.